The minimum absolute atomic E-state index is 0.0815. The highest BCUT2D eigenvalue weighted by Gasteiger charge is 2.47. The van der Waals surface area contributed by atoms with Crippen molar-refractivity contribution in [3.63, 3.8) is 0 Å². The number of aromatic nitrogens is 1. The van der Waals surface area contributed by atoms with E-state index in [1.807, 2.05) is 13.8 Å². The van der Waals surface area contributed by atoms with E-state index in [0.29, 0.717) is 12.1 Å². The van der Waals surface area contributed by atoms with Crippen LogP contribution < -0.4 is 5.32 Å². The third-order valence-electron chi connectivity index (χ3n) is 3.60. The van der Waals surface area contributed by atoms with Gasteiger partial charge in [-0.3, -0.25) is 4.98 Å². The van der Waals surface area contributed by atoms with Crippen molar-refractivity contribution in [3.05, 3.63) is 24.0 Å². The minimum atomic E-state index is -1.00. The molecule has 1 aromatic rings. The molecule has 17 heavy (non-hydrogen) atoms. The number of carboxylic acids is 1. The molecule has 2 rings (SSSR count). The van der Waals surface area contributed by atoms with Crippen molar-refractivity contribution in [1.29, 1.82) is 0 Å². The highest BCUT2D eigenvalue weighted by atomic mass is 16.4. The van der Waals surface area contributed by atoms with Crippen molar-refractivity contribution in [2.75, 3.05) is 5.32 Å². The molecule has 5 heteroatoms. The summed E-state index contributed by atoms with van der Waals surface area (Å²) in [6, 6.07) is 1.72. The fraction of sp³-hybridized carbons (Fsp3) is 0.500. The highest BCUT2D eigenvalue weighted by Crippen LogP contribution is 2.42. The predicted molar refractivity (Wildman–Crippen MR) is 63.0 cm³/mol. The molecule has 92 valence electrons. The molecule has 1 saturated carbocycles. The SMILES string of the molecule is CC1(C)C(O)CC1Nc1ccncc1C(=O)O. The molecule has 0 saturated heterocycles. The van der Waals surface area contributed by atoms with E-state index in [1.165, 1.54) is 6.20 Å². The second-order valence-electron chi connectivity index (χ2n) is 5.00. The molecule has 0 radical (unpaired) electrons. The Balaban J connectivity index is 2.18. The van der Waals surface area contributed by atoms with Gasteiger partial charge in [-0.05, 0) is 12.5 Å². The summed E-state index contributed by atoms with van der Waals surface area (Å²) in [7, 11) is 0. The van der Waals surface area contributed by atoms with E-state index in [1.54, 1.807) is 12.3 Å². The van der Waals surface area contributed by atoms with E-state index in [0.717, 1.165) is 0 Å². The van der Waals surface area contributed by atoms with Crippen molar-refractivity contribution in [2.24, 2.45) is 5.41 Å². The third kappa shape index (κ3) is 1.98. The zero-order chi connectivity index (χ0) is 12.6. The van der Waals surface area contributed by atoms with Crippen LogP contribution >= 0.6 is 0 Å². The van der Waals surface area contributed by atoms with Crippen LogP contribution in [0.1, 0.15) is 30.6 Å². The van der Waals surface area contributed by atoms with Crippen molar-refractivity contribution in [3.8, 4) is 0 Å². The lowest BCUT2D eigenvalue weighted by Crippen LogP contribution is -2.57. The number of nitrogens with zero attached hydrogens (tertiary/aromatic N) is 1. The van der Waals surface area contributed by atoms with Crippen LogP contribution in [-0.2, 0) is 0 Å². The van der Waals surface area contributed by atoms with Gasteiger partial charge in [0.05, 0.1) is 11.8 Å². The fourth-order valence-electron chi connectivity index (χ4n) is 2.03. The van der Waals surface area contributed by atoms with Gasteiger partial charge in [0, 0.05) is 23.9 Å². The molecule has 2 atom stereocenters. The summed E-state index contributed by atoms with van der Waals surface area (Å²) < 4.78 is 0. The first kappa shape index (κ1) is 11.9. The van der Waals surface area contributed by atoms with E-state index in [-0.39, 0.29) is 23.1 Å². The fourth-order valence-corrected chi connectivity index (χ4v) is 2.03. The summed E-state index contributed by atoms with van der Waals surface area (Å²) in [6.07, 6.45) is 3.17. The van der Waals surface area contributed by atoms with Gasteiger partial charge in [-0.2, -0.15) is 0 Å². The maximum Gasteiger partial charge on any atom is 0.339 e. The molecule has 5 nitrogen and oxygen atoms in total. The number of hydrogen-bond donors (Lipinski definition) is 3. The summed E-state index contributed by atoms with van der Waals surface area (Å²) in [5.41, 5.74) is 0.473. The van der Waals surface area contributed by atoms with E-state index in [2.05, 4.69) is 10.3 Å². The Labute approximate surface area is 99.5 Å². The molecule has 0 amide bonds. The summed E-state index contributed by atoms with van der Waals surface area (Å²) in [5.74, 6) is -1.00. The molecule has 0 bridgehead atoms. The lowest BCUT2D eigenvalue weighted by Gasteiger charge is -2.50. The van der Waals surface area contributed by atoms with E-state index in [9.17, 15) is 9.90 Å². The van der Waals surface area contributed by atoms with Crippen LogP contribution in [0, 0.1) is 5.41 Å². The van der Waals surface area contributed by atoms with Gasteiger partial charge in [-0.25, -0.2) is 4.79 Å². The Bertz CT molecular complexity index is 445. The van der Waals surface area contributed by atoms with Gasteiger partial charge >= 0.3 is 5.97 Å². The van der Waals surface area contributed by atoms with Crippen LogP contribution in [0.25, 0.3) is 0 Å². The first-order valence-corrected chi connectivity index (χ1v) is 5.55. The maximum absolute atomic E-state index is 11.0. The summed E-state index contributed by atoms with van der Waals surface area (Å²) in [5, 5.41) is 21.8. The molecular formula is C12H16N2O3. The number of anilines is 1. The van der Waals surface area contributed by atoms with Crippen LogP contribution in [0.5, 0.6) is 0 Å². The van der Waals surface area contributed by atoms with Crippen molar-refractivity contribution in [2.45, 2.75) is 32.4 Å². The Kier molecular flexibility index (Phi) is 2.79. The number of carboxylic acid groups (broad SMARTS) is 1. The smallest absolute Gasteiger partial charge is 0.339 e. The molecule has 2 unspecified atom stereocenters. The quantitative estimate of drug-likeness (QED) is 0.738. The van der Waals surface area contributed by atoms with E-state index >= 15 is 0 Å². The molecule has 0 aliphatic heterocycles. The average molecular weight is 236 g/mol. The van der Waals surface area contributed by atoms with Crippen LogP contribution in [0.3, 0.4) is 0 Å². The predicted octanol–water partition coefficient (Wildman–Crippen LogP) is 1.35. The van der Waals surface area contributed by atoms with Gasteiger partial charge in [-0.1, -0.05) is 13.8 Å². The number of aromatic carboxylic acids is 1. The Morgan fingerprint density at radius 2 is 2.29 bits per heavy atom. The Morgan fingerprint density at radius 3 is 2.82 bits per heavy atom. The van der Waals surface area contributed by atoms with Gasteiger partial charge in [0.25, 0.3) is 0 Å². The van der Waals surface area contributed by atoms with Crippen LogP contribution in [0.15, 0.2) is 18.5 Å². The molecule has 1 heterocycles. The van der Waals surface area contributed by atoms with Gasteiger partial charge in [-0.15, -0.1) is 0 Å². The number of nitrogens with one attached hydrogen (secondary N) is 1. The number of aliphatic hydroxyl groups excluding tert-OH is 1. The van der Waals surface area contributed by atoms with Gasteiger partial charge < -0.3 is 15.5 Å². The topological polar surface area (TPSA) is 82.5 Å². The van der Waals surface area contributed by atoms with Gasteiger partial charge in [0.15, 0.2) is 0 Å². The zero-order valence-electron chi connectivity index (χ0n) is 9.84. The van der Waals surface area contributed by atoms with Crippen molar-refractivity contribution >= 4 is 11.7 Å². The average Bonchev–Trinajstić information content (AvgIpc) is 2.29. The molecule has 1 aliphatic carbocycles. The normalized spacial score (nSPS) is 26.1. The van der Waals surface area contributed by atoms with Crippen LogP contribution in [0.2, 0.25) is 0 Å². The zero-order valence-corrected chi connectivity index (χ0v) is 9.84. The van der Waals surface area contributed by atoms with Crippen LogP contribution in [-0.4, -0.2) is 33.3 Å². The first-order chi connectivity index (χ1) is 7.93. The van der Waals surface area contributed by atoms with Crippen molar-refractivity contribution < 1.29 is 15.0 Å². The third-order valence-corrected chi connectivity index (χ3v) is 3.60. The summed E-state index contributed by atoms with van der Waals surface area (Å²) in [4.78, 5) is 14.8. The Morgan fingerprint density at radius 1 is 1.59 bits per heavy atom. The molecule has 0 aromatic carbocycles. The molecule has 1 aliphatic rings. The number of pyridine rings is 1. The van der Waals surface area contributed by atoms with Gasteiger partial charge in [0.2, 0.25) is 0 Å². The maximum atomic E-state index is 11.0. The second kappa shape index (κ2) is 4.00. The number of carbonyl (C=O) groups is 1. The number of aliphatic hydroxyl groups is 1. The standard InChI is InChI=1S/C12H16N2O3/c1-12(2)9(5-10(12)15)14-8-3-4-13-6-7(8)11(16)17/h3-4,6,9-10,15H,5H2,1-2H3,(H,13,14)(H,16,17). The lowest BCUT2D eigenvalue weighted by molar-refractivity contribution is -0.0510. The summed E-state index contributed by atoms with van der Waals surface area (Å²) in [6.45, 7) is 3.92. The molecule has 1 aromatic heterocycles. The largest absolute Gasteiger partial charge is 0.478 e. The molecule has 1 fully saturated rings. The van der Waals surface area contributed by atoms with Crippen molar-refractivity contribution in [1.82, 2.24) is 4.98 Å². The molecule has 0 spiro atoms. The monoisotopic (exact) mass is 236 g/mol. The van der Waals surface area contributed by atoms with E-state index in [4.69, 9.17) is 5.11 Å². The van der Waals surface area contributed by atoms with Crippen LogP contribution in [0.4, 0.5) is 5.69 Å². The van der Waals surface area contributed by atoms with Gasteiger partial charge in [0.1, 0.15) is 5.56 Å². The first-order valence-electron chi connectivity index (χ1n) is 5.55. The minimum Gasteiger partial charge on any atom is -0.478 e. The number of hydrogen-bond acceptors (Lipinski definition) is 4. The molecule has 3 N–H and O–H groups in total. The van der Waals surface area contributed by atoms with E-state index < -0.39 is 5.97 Å². The Hall–Kier alpha value is -1.62. The summed E-state index contributed by atoms with van der Waals surface area (Å²) >= 11 is 0. The second-order valence-corrected chi connectivity index (χ2v) is 5.00. The highest BCUT2D eigenvalue weighted by molar-refractivity contribution is 5.93. The lowest BCUT2D eigenvalue weighted by atomic mass is 9.64. The molecular weight excluding hydrogens is 220 g/mol. The number of rotatable bonds is 3.